The van der Waals surface area contributed by atoms with Crippen LogP contribution in [0.5, 0.6) is 0 Å². The number of rotatable bonds is 2. The largest absolute Gasteiger partial charge is 0.396 e. The molecule has 0 aromatic rings. The molecule has 0 heterocycles. The molecule has 0 amide bonds. The molecular weight excluding hydrogens is 176 g/mol. The standard InChI is InChI=1S/C12H20O2/c13-6-9-1-3-11-5-10(7-14)12(11,8-11)4-2-9/h9-10,13-14H,1-8H2. The molecule has 0 bridgehead atoms. The zero-order chi connectivity index (χ0) is 9.81. The van der Waals surface area contributed by atoms with E-state index in [0.717, 1.165) is 0 Å². The second kappa shape index (κ2) is 2.73. The van der Waals surface area contributed by atoms with E-state index < -0.39 is 0 Å². The predicted molar refractivity (Wildman–Crippen MR) is 53.7 cm³/mol. The van der Waals surface area contributed by atoms with Crippen LogP contribution in [-0.2, 0) is 0 Å². The van der Waals surface area contributed by atoms with Gasteiger partial charge in [0.1, 0.15) is 0 Å². The van der Waals surface area contributed by atoms with E-state index in [0.29, 0.717) is 35.9 Å². The lowest BCUT2D eigenvalue weighted by molar-refractivity contribution is 0.0173. The van der Waals surface area contributed by atoms with Crippen LogP contribution in [0.1, 0.15) is 38.5 Å². The molecule has 2 nitrogen and oxygen atoms in total. The highest BCUT2D eigenvalue weighted by Crippen LogP contribution is 2.84. The lowest BCUT2D eigenvalue weighted by atomic mass is 9.63. The highest BCUT2D eigenvalue weighted by Gasteiger charge is 2.77. The van der Waals surface area contributed by atoms with Crippen LogP contribution in [0.3, 0.4) is 0 Å². The van der Waals surface area contributed by atoms with Gasteiger partial charge < -0.3 is 10.2 Å². The normalized spacial score (nSPS) is 55.3. The molecule has 0 spiro atoms. The zero-order valence-electron chi connectivity index (χ0n) is 8.71. The Morgan fingerprint density at radius 3 is 2.57 bits per heavy atom. The van der Waals surface area contributed by atoms with Gasteiger partial charge in [0.2, 0.25) is 0 Å². The van der Waals surface area contributed by atoms with Gasteiger partial charge in [0.25, 0.3) is 0 Å². The fraction of sp³-hybridized carbons (Fsp3) is 1.00. The van der Waals surface area contributed by atoms with E-state index in [4.69, 9.17) is 0 Å². The van der Waals surface area contributed by atoms with Gasteiger partial charge in [0, 0.05) is 13.2 Å². The summed E-state index contributed by atoms with van der Waals surface area (Å²) in [5.74, 6) is 1.15. The summed E-state index contributed by atoms with van der Waals surface area (Å²) in [7, 11) is 0. The van der Waals surface area contributed by atoms with Gasteiger partial charge in [-0.05, 0) is 61.2 Å². The molecule has 4 atom stereocenters. The molecule has 4 unspecified atom stereocenters. The maximum atomic E-state index is 9.28. The maximum absolute atomic E-state index is 9.28. The average molecular weight is 196 g/mol. The Morgan fingerprint density at radius 2 is 1.86 bits per heavy atom. The smallest absolute Gasteiger partial charge is 0.0464 e. The van der Waals surface area contributed by atoms with Gasteiger partial charge in [-0.25, -0.2) is 0 Å². The van der Waals surface area contributed by atoms with Gasteiger partial charge in [-0.3, -0.25) is 0 Å². The minimum Gasteiger partial charge on any atom is -0.396 e. The number of aliphatic hydroxyl groups is 2. The van der Waals surface area contributed by atoms with Crippen LogP contribution in [0.25, 0.3) is 0 Å². The third kappa shape index (κ3) is 0.892. The minimum atomic E-state index is 0.371. The second-order valence-corrected chi connectivity index (χ2v) is 5.82. The minimum absolute atomic E-state index is 0.371. The van der Waals surface area contributed by atoms with Gasteiger partial charge in [-0.2, -0.15) is 0 Å². The first-order chi connectivity index (χ1) is 6.76. The quantitative estimate of drug-likeness (QED) is 0.703. The first-order valence-corrected chi connectivity index (χ1v) is 5.98. The summed E-state index contributed by atoms with van der Waals surface area (Å²) < 4.78 is 0. The number of hydrogen-bond donors (Lipinski definition) is 2. The van der Waals surface area contributed by atoms with E-state index in [1.807, 2.05) is 0 Å². The SMILES string of the molecule is OCC1CCC23CC(CO)C2(CC1)C3. The Balaban J connectivity index is 1.74. The first kappa shape index (κ1) is 9.17. The van der Waals surface area contributed by atoms with E-state index in [9.17, 15) is 10.2 Å². The summed E-state index contributed by atoms with van der Waals surface area (Å²) in [4.78, 5) is 0. The van der Waals surface area contributed by atoms with Gasteiger partial charge in [-0.15, -0.1) is 0 Å². The summed E-state index contributed by atoms with van der Waals surface area (Å²) in [6, 6.07) is 0. The van der Waals surface area contributed by atoms with Crippen LogP contribution in [0, 0.1) is 22.7 Å². The molecule has 0 aliphatic heterocycles. The Morgan fingerprint density at radius 1 is 1.07 bits per heavy atom. The Labute approximate surface area is 85.3 Å². The number of hydrogen-bond acceptors (Lipinski definition) is 2. The summed E-state index contributed by atoms with van der Waals surface area (Å²) in [5.41, 5.74) is 1.16. The Kier molecular flexibility index (Phi) is 1.79. The van der Waals surface area contributed by atoms with Gasteiger partial charge in [0.15, 0.2) is 0 Å². The van der Waals surface area contributed by atoms with Gasteiger partial charge >= 0.3 is 0 Å². The molecule has 80 valence electrons. The van der Waals surface area contributed by atoms with Crippen molar-refractivity contribution < 1.29 is 10.2 Å². The van der Waals surface area contributed by atoms with E-state index >= 15 is 0 Å². The lowest BCUT2D eigenvalue weighted by Crippen LogP contribution is -2.38. The summed E-state index contributed by atoms with van der Waals surface area (Å²) in [6.07, 6.45) is 7.63. The van der Waals surface area contributed by atoms with E-state index in [2.05, 4.69) is 0 Å². The Hall–Kier alpha value is -0.0800. The van der Waals surface area contributed by atoms with Crippen molar-refractivity contribution in [2.24, 2.45) is 22.7 Å². The van der Waals surface area contributed by atoms with Crippen molar-refractivity contribution in [3.8, 4) is 0 Å². The van der Waals surface area contributed by atoms with E-state index in [1.54, 1.807) is 0 Å². The molecule has 2 N–H and O–H groups in total. The molecule has 0 aromatic heterocycles. The molecule has 0 radical (unpaired) electrons. The third-order valence-corrected chi connectivity index (χ3v) is 5.51. The zero-order valence-corrected chi connectivity index (χ0v) is 8.71. The molecular formula is C12H20O2. The molecule has 2 heteroatoms. The molecule has 3 aliphatic rings. The van der Waals surface area contributed by atoms with Crippen molar-refractivity contribution in [3.05, 3.63) is 0 Å². The highest BCUT2D eigenvalue weighted by molar-refractivity contribution is 5.26. The number of aliphatic hydroxyl groups excluding tert-OH is 2. The fourth-order valence-corrected chi connectivity index (χ4v) is 4.45. The van der Waals surface area contributed by atoms with Crippen molar-refractivity contribution in [2.45, 2.75) is 38.5 Å². The van der Waals surface area contributed by atoms with E-state index in [-0.39, 0.29) is 0 Å². The van der Waals surface area contributed by atoms with Crippen molar-refractivity contribution >= 4 is 0 Å². The molecule has 0 aromatic carbocycles. The lowest BCUT2D eigenvalue weighted by Gasteiger charge is -2.42. The molecule has 14 heavy (non-hydrogen) atoms. The fourth-order valence-electron chi connectivity index (χ4n) is 4.45. The molecule has 3 rings (SSSR count). The van der Waals surface area contributed by atoms with Crippen molar-refractivity contribution in [3.63, 3.8) is 0 Å². The van der Waals surface area contributed by atoms with E-state index in [1.165, 1.54) is 38.5 Å². The predicted octanol–water partition coefficient (Wildman–Crippen LogP) is 1.56. The summed E-state index contributed by atoms with van der Waals surface area (Å²) in [5, 5.41) is 18.5. The van der Waals surface area contributed by atoms with Crippen LogP contribution in [0.2, 0.25) is 0 Å². The second-order valence-electron chi connectivity index (χ2n) is 5.82. The molecule has 0 saturated heterocycles. The van der Waals surface area contributed by atoms with Gasteiger partial charge in [-0.1, -0.05) is 0 Å². The van der Waals surface area contributed by atoms with Crippen LogP contribution >= 0.6 is 0 Å². The summed E-state index contributed by atoms with van der Waals surface area (Å²) >= 11 is 0. The molecule has 3 fully saturated rings. The summed E-state index contributed by atoms with van der Waals surface area (Å²) in [6.45, 7) is 0.765. The van der Waals surface area contributed by atoms with Crippen molar-refractivity contribution in [1.29, 1.82) is 0 Å². The Bertz CT molecular complexity index is 249. The maximum Gasteiger partial charge on any atom is 0.0464 e. The van der Waals surface area contributed by atoms with Crippen LogP contribution < -0.4 is 0 Å². The topological polar surface area (TPSA) is 40.5 Å². The van der Waals surface area contributed by atoms with Crippen LogP contribution in [0.15, 0.2) is 0 Å². The van der Waals surface area contributed by atoms with Crippen molar-refractivity contribution in [2.75, 3.05) is 13.2 Å². The first-order valence-electron chi connectivity index (χ1n) is 5.98. The van der Waals surface area contributed by atoms with Gasteiger partial charge in [0.05, 0.1) is 0 Å². The third-order valence-electron chi connectivity index (χ3n) is 5.51. The average Bonchev–Trinajstić information content (AvgIpc) is 2.69. The van der Waals surface area contributed by atoms with Crippen molar-refractivity contribution in [1.82, 2.24) is 0 Å². The van der Waals surface area contributed by atoms with Crippen LogP contribution in [0.4, 0.5) is 0 Å². The molecule has 3 saturated carbocycles. The van der Waals surface area contributed by atoms with Crippen LogP contribution in [-0.4, -0.2) is 23.4 Å². The molecule has 3 aliphatic carbocycles. The highest BCUT2D eigenvalue weighted by atomic mass is 16.3. The monoisotopic (exact) mass is 196 g/mol.